The van der Waals surface area contributed by atoms with Crippen LogP contribution in [0.2, 0.25) is 0 Å². The van der Waals surface area contributed by atoms with Gasteiger partial charge >= 0.3 is 0 Å². The standard InChI is InChI=1S/C52H34N2S/c1-3-13-35(14-4-1)37-15-11-18-43(32-37)53(48-22-12-23-49-52(48)45-20-7-9-21-47(45)54(49)41-16-5-2-6-17-41)42-29-27-36(28-30-42)38-25-26-39-34-51-46(33-40(39)31-38)44-19-8-10-24-50(44)55-51/h1-34H. The monoisotopic (exact) mass is 718 g/mol. The molecule has 55 heavy (non-hydrogen) atoms. The number of nitrogens with zero attached hydrogens (tertiary/aromatic N) is 2. The quantitative estimate of drug-likeness (QED) is 0.166. The van der Waals surface area contributed by atoms with Gasteiger partial charge in [0.2, 0.25) is 0 Å². The first-order valence-electron chi connectivity index (χ1n) is 18.8. The molecule has 0 amide bonds. The van der Waals surface area contributed by atoms with Crippen LogP contribution in [0.3, 0.4) is 0 Å². The Kier molecular flexibility index (Phi) is 7.39. The van der Waals surface area contributed by atoms with Crippen LogP contribution in [-0.4, -0.2) is 4.57 Å². The summed E-state index contributed by atoms with van der Waals surface area (Å²) < 4.78 is 5.06. The van der Waals surface area contributed by atoms with E-state index in [0.717, 1.165) is 22.7 Å². The lowest BCUT2D eigenvalue weighted by Crippen LogP contribution is -2.10. The van der Waals surface area contributed by atoms with Gasteiger partial charge in [0.25, 0.3) is 0 Å². The van der Waals surface area contributed by atoms with Gasteiger partial charge < -0.3 is 9.47 Å². The van der Waals surface area contributed by atoms with E-state index in [4.69, 9.17) is 0 Å². The first kappa shape index (κ1) is 31.6. The van der Waals surface area contributed by atoms with Gasteiger partial charge in [0.1, 0.15) is 0 Å². The zero-order chi connectivity index (χ0) is 36.3. The Hall–Kier alpha value is -6.94. The molecule has 9 aromatic carbocycles. The zero-order valence-electron chi connectivity index (χ0n) is 29.9. The fourth-order valence-corrected chi connectivity index (χ4v) is 9.51. The number of benzene rings is 9. The normalized spacial score (nSPS) is 11.6. The maximum atomic E-state index is 2.43. The van der Waals surface area contributed by atoms with E-state index in [2.05, 4.69) is 216 Å². The summed E-state index contributed by atoms with van der Waals surface area (Å²) in [5.74, 6) is 0. The maximum Gasteiger partial charge on any atom is 0.0562 e. The fourth-order valence-electron chi connectivity index (χ4n) is 8.38. The minimum absolute atomic E-state index is 1.10. The van der Waals surface area contributed by atoms with Crippen molar-refractivity contribution in [1.29, 1.82) is 0 Å². The van der Waals surface area contributed by atoms with Crippen LogP contribution in [-0.2, 0) is 0 Å². The molecule has 0 aliphatic rings. The number of hydrogen-bond acceptors (Lipinski definition) is 2. The summed E-state index contributed by atoms with van der Waals surface area (Å²) >= 11 is 1.87. The van der Waals surface area contributed by atoms with E-state index in [-0.39, 0.29) is 0 Å². The number of aromatic nitrogens is 1. The molecule has 0 spiro atoms. The van der Waals surface area contributed by atoms with E-state index in [1.54, 1.807) is 0 Å². The molecule has 0 unspecified atom stereocenters. The average molecular weight is 719 g/mol. The van der Waals surface area contributed by atoms with Crippen LogP contribution in [0.15, 0.2) is 206 Å². The number of rotatable bonds is 6. The highest BCUT2D eigenvalue weighted by atomic mass is 32.1. The molecule has 11 rings (SSSR count). The topological polar surface area (TPSA) is 8.17 Å². The van der Waals surface area contributed by atoms with Gasteiger partial charge in [-0.1, -0.05) is 127 Å². The lowest BCUT2D eigenvalue weighted by atomic mass is 9.99. The van der Waals surface area contributed by atoms with Gasteiger partial charge in [-0.2, -0.15) is 0 Å². The molecule has 2 aromatic heterocycles. The smallest absolute Gasteiger partial charge is 0.0562 e. The van der Waals surface area contributed by atoms with Crippen molar-refractivity contribution in [1.82, 2.24) is 4.57 Å². The Balaban J connectivity index is 1.08. The van der Waals surface area contributed by atoms with Gasteiger partial charge in [-0.05, 0) is 112 Å². The van der Waals surface area contributed by atoms with Crippen LogP contribution in [0.5, 0.6) is 0 Å². The van der Waals surface area contributed by atoms with Crippen molar-refractivity contribution in [3.05, 3.63) is 206 Å². The van der Waals surface area contributed by atoms with Crippen molar-refractivity contribution in [3.63, 3.8) is 0 Å². The zero-order valence-corrected chi connectivity index (χ0v) is 30.7. The molecule has 0 aliphatic heterocycles. The molecule has 258 valence electrons. The minimum atomic E-state index is 1.10. The van der Waals surface area contributed by atoms with Gasteiger partial charge in [0, 0.05) is 48.0 Å². The van der Waals surface area contributed by atoms with Crippen LogP contribution in [0.4, 0.5) is 17.1 Å². The van der Waals surface area contributed by atoms with Crippen molar-refractivity contribution in [2.45, 2.75) is 0 Å². The fraction of sp³-hybridized carbons (Fsp3) is 0. The third kappa shape index (κ3) is 5.32. The second-order valence-electron chi connectivity index (χ2n) is 14.2. The van der Waals surface area contributed by atoms with Crippen molar-refractivity contribution >= 4 is 81.1 Å². The maximum absolute atomic E-state index is 2.43. The highest BCUT2D eigenvalue weighted by Crippen LogP contribution is 2.45. The first-order chi connectivity index (χ1) is 27.3. The number of thiophene rings is 1. The largest absolute Gasteiger partial charge is 0.310 e. The lowest BCUT2D eigenvalue weighted by molar-refractivity contribution is 1.18. The summed E-state index contributed by atoms with van der Waals surface area (Å²) in [5.41, 5.74) is 11.6. The Labute approximate surface area is 323 Å². The van der Waals surface area contributed by atoms with Gasteiger partial charge in [0.05, 0.1) is 16.7 Å². The third-order valence-electron chi connectivity index (χ3n) is 10.9. The molecule has 0 fully saturated rings. The van der Waals surface area contributed by atoms with Gasteiger partial charge in [-0.25, -0.2) is 0 Å². The summed E-state index contributed by atoms with van der Waals surface area (Å²) in [4.78, 5) is 2.43. The number of anilines is 3. The summed E-state index contributed by atoms with van der Waals surface area (Å²) in [7, 11) is 0. The number of fused-ring (bicyclic) bond motifs is 7. The molecule has 0 radical (unpaired) electrons. The Morgan fingerprint density at radius 3 is 1.87 bits per heavy atom. The predicted molar refractivity (Wildman–Crippen MR) is 237 cm³/mol. The Morgan fingerprint density at radius 1 is 0.364 bits per heavy atom. The van der Waals surface area contributed by atoms with Crippen molar-refractivity contribution in [2.24, 2.45) is 0 Å². The molecular formula is C52H34N2S. The van der Waals surface area contributed by atoms with E-state index >= 15 is 0 Å². The van der Waals surface area contributed by atoms with E-state index in [1.807, 2.05) is 11.3 Å². The van der Waals surface area contributed by atoms with Gasteiger partial charge in [0.15, 0.2) is 0 Å². The molecule has 0 aliphatic carbocycles. The molecule has 3 heteroatoms. The summed E-state index contributed by atoms with van der Waals surface area (Å²) in [5, 5.41) is 7.64. The highest BCUT2D eigenvalue weighted by molar-refractivity contribution is 7.25. The van der Waals surface area contributed by atoms with Crippen LogP contribution >= 0.6 is 11.3 Å². The molecule has 0 N–H and O–H groups in total. The lowest BCUT2D eigenvalue weighted by Gasteiger charge is -2.27. The van der Waals surface area contributed by atoms with Gasteiger partial charge in [-0.3, -0.25) is 0 Å². The molecule has 0 atom stereocenters. The van der Waals surface area contributed by atoms with Crippen LogP contribution in [0, 0.1) is 0 Å². The molecular weight excluding hydrogens is 685 g/mol. The highest BCUT2D eigenvalue weighted by Gasteiger charge is 2.21. The van der Waals surface area contributed by atoms with Crippen molar-refractivity contribution < 1.29 is 0 Å². The molecule has 11 aromatic rings. The molecule has 0 saturated carbocycles. The molecule has 0 saturated heterocycles. The SMILES string of the molecule is c1ccc(-c2cccc(N(c3ccc(-c4ccc5cc6sc7ccccc7c6cc5c4)cc3)c3cccc4c3c3ccccc3n4-c3ccccc3)c2)cc1. The number of hydrogen-bond donors (Lipinski definition) is 0. The van der Waals surface area contributed by atoms with E-state index in [1.165, 1.54) is 75.0 Å². The second-order valence-corrected chi connectivity index (χ2v) is 15.3. The van der Waals surface area contributed by atoms with E-state index < -0.39 is 0 Å². The van der Waals surface area contributed by atoms with E-state index in [9.17, 15) is 0 Å². The second kappa shape index (κ2) is 12.9. The predicted octanol–water partition coefficient (Wildman–Crippen LogP) is 15.1. The van der Waals surface area contributed by atoms with Crippen molar-refractivity contribution in [2.75, 3.05) is 4.90 Å². The van der Waals surface area contributed by atoms with Crippen LogP contribution in [0.1, 0.15) is 0 Å². The van der Waals surface area contributed by atoms with E-state index in [0.29, 0.717) is 0 Å². The van der Waals surface area contributed by atoms with Crippen LogP contribution in [0.25, 0.3) is 80.7 Å². The number of para-hydroxylation sites is 2. The van der Waals surface area contributed by atoms with Crippen molar-refractivity contribution in [3.8, 4) is 27.9 Å². The minimum Gasteiger partial charge on any atom is -0.310 e. The molecule has 2 heterocycles. The molecule has 2 nitrogen and oxygen atoms in total. The average Bonchev–Trinajstić information content (AvgIpc) is 3.79. The molecule has 0 bridgehead atoms. The summed E-state index contributed by atoms with van der Waals surface area (Å²) in [6.07, 6.45) is 0. The van der Waals surface area contributed by atoms with Gasteiger partial charge in [-0.15, -0.1) is 11.3 Å². The summed E-state index contributed by atoms with van der Waals surface area (Å²) in [6, 6.07) is 75.2. The van der Waals surface area contributed by atoms with Crippen LogP contribution < -0.4 is 4.90 Å². The first-order valence-corrected chi connectivity index (χ1v) is 19.6. The Morgan fingerprint density at radius 2 is 1.02 bits per heavy atom. The third-order valence-corrected chi connectivity index (χ3v) is 12.1. The summed E-state index contributed by atoms with van der Waals surface area (Å²) in [6.45, 7) is 0. The Bertz CT molecular complexity index is 3190.